The summed E-state index contributed by atoms with van der Waals surface area (Å²) in [7, 11) is 1.60. The zero-order valence-electron chi connectivity index (χ0n) is 16.1. The fraction of sp³-hybridized carbons (Fsp3) is 0.364. The van der Waals surface area contributed by atoms with Crippen molar-refractivity contribution in [2.24, 2.45) is 5.92 Å². The number of nitrogens with zero attached hydrogens (tertiary/aromatic N) is 1. The van der Waals surface area contributed by atoms with Crippen molar-refractivity contribution in [3.63, 3.8) is 0 Å². The Labute approximate surface area is 170 Å². The summed E-state index contributed by atoms with van der Waals surface area (Å²) in [4.78, 5) is 27.1. The van der Waals surface area contributed by atoms with Crippen LogP contribution in [0.1, 0.15) is 30.1 Å². The molecule has 148 valence electrons. The molecule has 1 unspecified atom stereocenters. The van der Waals surface area contributed by atoms with Gasteiger partial charge in [-0.05, 0) is 62.2 Å². The maximum atomic E-state index is 12.7. The first-order valence-electron chi connectivity index (χ1n) is 9.37. The van der Waals surface area contributed by atoms with Crippen LogP contribution in [0.25, 0.3) is 0 Å². The van der Waals surface area contributed by atoms with Gasteiger partial charge in [0.2, 0.25) is 0 Å². The molecule has 2 aromatic rings. The first-order chi connectivity index (χ1) is 13.5. The van der Waals surface area contributed by atoms with E-state index in [1.54, 1.807) is 67.5 Å². The summed E-state index contributed by atoms with van der Waals surface area (Å²) in [6.07, 6.45) is 0.702. The van der Waals surface area contributed by atoms with Gasteiger partial charge >= 0.3 is 0 Å². The average molecular weight is 402 g/mol. The van der Waals surface area contributed by atoms with Crippen LogP contribution >= 0.6 is 11.6 Å². The second-order valence-corrected chi connectivity index (χ2v) is 7.35. The van der Waals surface area contributed by atoms with Crippen molar-refractivity contribution in [3.8, 4) is 11.5 Å². The van der Waals surface area contributed by atoms with E-state index >= 15 is 0 Å². The monoisotopic (exact) mass is 401 g/mol. The van der Waals surface area contributed by atoms with Gasteiger partial charge in [0, 0.05) is 29.6 Å². The molecule has 0 aliphatic carbocycles. The Balaban J connectivity index is 1.53. The zero-order chi connectivity index (χ0) is 20.1. The third kappa shape index (κ3) is 4.84. The first kappa shape index (κ1) is 20.2. The van der Waals surface area contributed by atoms with Gasteiger partial charge in [-0.2, -0.15) is 0 Å². The number of carbonyl (C=O) groups excluding carboxylic acids is 2. The summed E-state index contributed by atoms with van der Waals surface area (Å²) in [6, 6.07) is 14.2. The van der Waals surface area contributed by atoms with E-state index in [-0.39, 0.29) is 17.6 Å². The van der Waals surface area contributed by atoms with Gasteiger partial charge < -0.3 is 14.4 Å². The zero-order valence-corrected chi connectivity index (χ0v) is 16.8. The van der Waals surface area contributed by atoms with Crippen LogP contribution in [0, 0.1) is 5.92 Å². The number of ether oxygens (including phenoxy) is 2. The SMILES string of the molecule is COc1ccc(C(=O)C2CCN(C(=O)C(C)Oc3cccc(Cl)c3)CC2)cc1. The molecule has 1 atom stereocenters. The van der Waals surface area contributed by atoms with E-state index in [0.29, 0.717) is 42.3 Å². The van der Waals surface area contributed by atoms with Crippen molar-refractivity contribution >= 4 is 23.3 Å². The van der Waals surface area contributed by atoms with Crippen LogP contribution < -0.4 is 9.47 Å². The third-order valence-corrected chi connectivity index (χ3v) is 5.24. The smallest absolute Gasteiger partial charge is 0.263 e. The molecule has 1 aliphatic rings. The number of piperidine rings is 1. The quantitative estimate of drug-likeness (QED) is 0.679. The summed E-state index contributed by atoms with van der Waals surface area (Å²) in [5, 5.41) is 0.565. The highest BCUT2D eigenvalue weighted by atomic mass is 35.5. The number of likely N-dealkylation sites (tertiary alicyclic amines) is 1. The fourth-order valence-electron chi connectivity index (χ4n) is 3.41. The minimum absolute atomic E-state index is 0.0680. The van der Waals surface area contributed by atoms with Crippen LogP contribution in [-0.4, -0.2) is 42.9 Å². The molecule has 3 rings (SSSR count). The molecule has 0 bridgehead atoms. The Hall–Kier alpha value is -2.53. The van der Waals surface area contributed by atoms with E-state index in [0.717, 1.165) is 5.75 Å². The molecule has 6 heteroatoms. The Bertz CT molecular complexity index is 829. The topological polar surface area (TPSA) is 55.8 Å². The minimum Gasteiger partial charge on any atom is -0.497 e. The number of halogens is 1. The van der Waals surface area contributed by atoms with Crippen LogP contribution in [0.4, 0.5) is 0 Å². The fourth-order valence-corrected chi connectivity index (χ4v) is 3.59. The summed E-state index contributed by atoms with van der Waals surface area (Å²) >= 11 is 5.96. The lowest BCUT2D eigenvalue weighted by molar-refractivity contribution is -0.139. The number of amides is 1. The molecular formula is C22H24ClNO4. The highest BCUT2D eigenvalue weighted by Gasteiger charge is 2.30. The molecule has 1 amide bonds. The molecule has 1 saturated heterocycles. The maximum absolute atomic E-state index is 12.7. The van der Waals surface area contributed by atoms with Gasteiger partial charge in [0.15, 0.2) is 11.9 Å². The van der Waals surface area contributed by atoms with E-state index in [1.807, 2.05) is 0 Å². The Morgan fingerprint density at radius 1 is 1.07 bits per heavy atom. The molecule has 0 radical (unpaired) electrons. The summed E-state index contributed by atoms with van der Waals surface area (Å²) < 4.78 is 10.9. The van der Waals surface area contributed by atoms with Gasteiger partial charge in [0.05, 0.1) is 7.11 Å². The van der Waals surface area contributed by atoms with Crippen LogP contribution in [0.5, 0.6) is 11.5 Å². The molecule has 0 aromatic heterocycles. The minimum atomic E-state index is -0.604. The molecule has 1 aliphatic heterocycles. The normalized spacial score (nSPS) is 15.8. The number of methoxy groups -OCH3 is 1. The van der Waals surface area contributed by atoms with Gasteiger partial charge in [0.1, 0.15) is 11.5 Å². The van der Waals surface area contributed by atoms with Crippen molar-refractivity contribution in [2.45, 2.75) is 25.9 Å². The summed E-state index contributed by atoms with van der Waals surface area (Å²) in [5.74, 6) is 1.28. The predicted molar refractivity (Wildman–Crippen MR) is 108 cm³/mol. The van der Waals surface area contributed by atoms with E-state index in [9.17, 15) is 9.59 Å². The molecule has 28 heavy (non-hydrogen) atoms. The Morgan fingerprint density at radius 3 is 2.36 bits per heavy atom. The molecule has 1 heterocycles. The largest absolute Gasteiger partial charge is 0.497 e. The molecule has 0 spiro atoms. The standard InChI is InChI=1S/C22H24ClNO4/c1-15(28-20-5-3-4-18(23)14-20)22(26)24-12-10-17(11-13-24)21(25)16-6-8-19(27-2)9-7-16/h3-9,14-15,17H,10-13H2,1-2H3. The van der Waals surface area contributed by atoms with E-state index < -0.39 is 6.10 Å². The Kier molecular flexibility index (Phi) is 6.57. The van der Waals surface area contributed by atoms with Gasteiger partial charge in [-0.15, -0.1) is 0 Å². The van der Waals surface area contributed by atoms with Crippen LogP contribution in [0.15, 0.2) is 48.5 Å². The van der Waals surface area contributed by atoms with Crippen molar-refractivity contribution in [2.75, 3.05) is 20.2 Å². The number of carbonyl (C=O) groups is 2. The van der Waals surface area contributed by atoms with Crippen molar-refractivity contribution in [3.05, 3.63) is 59.1 Å². The number of hydrogen-bond donors (Lipinski definition) is 0. The lowest BCUT2D eigenvalue weighted by Crippen LogP contribution is -2.45. The molecule has 0 saturated carbocycles. The highest BCUT2D eigenvalue weighted by molar-refractivity contribution is 6.30. The average Bonchev–Trinajstić information content (AvgIpc) is 2.73. The molecule has 1 fully saturated rings. The number of rotatable bonds is 6. The van der Waals surface area contributed by atoms with E-state index in [1.165, 1.54) is 0 Å². The molecule has 0 N–H and O–H groups in total. The van der Waals surface area contributed by atoms with Crippen LogP contribution in [0.3, 0.4) is 0 Å². The second kappa shape index (κ2) is 9.11. The number of hydrogen-bond acceptors (Lipinski definition) is 4. The summed E-state index contributed by atoms with van der Waals surface area (Å²) in [5.41, 5.74) is 0.684. The van der Waals surface area contributed by atoms with Crippen LogP contribution in [0.2, 0.25) is 5.02 Å². The lowest BCUT2D eigenvalue weighted by atomic mass is 9.88. The number of Topliss-reactive ketones (excluding diaryl/α,β-unsaturated/α-hetero) is 1. The van der Waals surface area contributed by atoms with E-state index in [2.05, 4.69) is 0 Å². The number of benzene rings is 2. The third-order valence-electron chi connectivity index (χ3n) is 5.01. The maximum Gasteiger partial charge on any atom is 0.263 e. The van der Waals surface area contributed by atoms with Gasteiger partial charge in [0.25, 0.3) is 5.91 Å². The molecule has 5 nitrogen and oxygen atoms in total. The Morgan fingerprint density at radius 2 is 1.75 bits per heavy atom. The van der Waals surface area contributed by atoms with Crippen molar-refractivity contribution in [1.29, 1.82) is 0 Å². The highest BCUT2D eigenvalue weighted by Crippen LogP contribution is 2.24. The second-order valence-electron chi connectivity index (χ2n) is 6.91. The molecule has 2 aromatic carbocycles. The van der Waals surface area contributed by atoms with Gasteiger partial charge in [-0.1, -0.05) is 17.7 Å². The summed E-state index contributed by atoms with van der Waals surface area (Å²) in [6.45, 7) is 2.83. The van der Waals surface area contributed by atoms with Crippen molar-refractivity contribution < 1.29 is 19.1 Å². The molecular weight excluding hydrogens is 378 g/mol. The predicted octanol–water partition coefficient (Wildman–Crippen LogP) is 4.24. The first-order valence-corrected chi connectivity index (χ1v) is 9.75. The van der Waals surface area contributed by atoms with Crippen LogP contribution in [-0.2, 0) is 4.79 Å². The van der Waals surface area contributed by atoms with Gasteiger partial charge in [-0.3, -0.25) is 9.59 Å². The number of ketones is 1. The lowest BCUT2D eigenvalue weighted by Gasteiger charge is -2.33. The van der Waals surface area contributed by atoms with E-state index in [4.69, 9.17) is 21.1 Å². The van der Waals surface area contributed by atoms with Crippen molar-refractivity contribution in [1.82, 2.24) is 4.90 Å². The van der Waals surface area contributed by atoms with Gasteiger partial charge in [-0.25, -0.2) is 0 Å².